The number of nitrogens with one attached hydrogen (secondary N) is 1. The molecule has 1 aliphatic heterocycles. The van der Waals surface area contributed by atoms with E-state index < -0.39 is 6.10 Å². The van der Waals surface area contributed by atoms with Crippen LogP contribution in [0.1, 0.15) is 12.8 Å². The van der Waals surface area contributed by atoms with Crippen molar-refractivity contribution in [2.75, 3.05) is 24.7 Å². The minimum atomic E-state index is -0.447. The van der Waals surface area contributed by atoms with Gasteiger partial charge in [-0.05, 0) is 30.7 Å². The molecule has 2 atom stereocenters. The normalized spacial score (nSPS) is 21.5. The maximum atomic E-state index is 9.85. The Kier molecular flexibility index (Phi) is 5.84. The van der Waals surface area contributed by atoms with E-state index in [1.165, 1.54) is 18.6 Å². The lowest BCUT2D eigenvalue weighted by atomic mass is 10.2. The van der Waals surface area contributed by atoms with Gasteiger partial charge in [-0.3, -0.25) is 0 Å². The number of ether oxygens (including phenoxy) is 1. The van der Waals surface area contributed by atoms with Gasteiger partial charge in [-0.15, -0.1) is 0 Å². The summed E-state index contributed by atoms with van der Waals surface area (Å²) < 4.78 is 5.51. The van der Waals surface area contributed by atoms with E-state index >= 15 is 0 Å². The number of hydrogen-bond acceptors (Lipinski definition) is 4. The molecule has 1 saturated heterocycles. The fourth-order valence-corrected chi connectivity index (χ4v) is 3.08. The van der Waals surface area contributed by atoms with E-state index in [1.54, 1.807) is 0 Å². The fraction of sp³-hybridized carbons (Fsp3) is 0.571. The molecular weight excluding hydrogens is 246 g/mol. The summed E-state index contributed by atoms with van der Waals surface area (Å²) in [6.07, 6.45) is 2.05. The minimum absolute atomic E-state index is 0.344. The monoisotopic (exact) mass is 267 g/mol. The van der Waals surface area contributed by atoms with Crippen LogP contribution < -0.4 is 10.1 Å². The zero-order valence-corrected chi connectivity index (χ0v) is 11.4. The zero-order valence-electron chi connectivity index (χ0n) is 10.5. The van der Waals surface area contributed by atoms with Crippen LogP contribution >= 0.6 is 11.8 Å². The Bertz CT molecular complexity index is 328. The quantitative estimate of drug-likeness (QED) is 0.826. The standard InChI is InChI=1S/C14H21NO2S/c16-13(9-15-12-5-4-8-18-11-12)10-17-14-6-2-1-3-7-14/h1-3,6-7,12-13,15-16H,4-5,8-11H2. The van der Waals surface area contributed by atoms with Gasteiger partial charge in [0.25, 0.3) is 0 Å². The van der Waals surface area contributed by atoms with Gasteiger partial charge >= 0.3 is 0 Å². The Morgan fingerprint density at radius 1 is 1.39 bits per heavy atom. The topological polar surface area (TPSA) is 41.5 Å². The van der Waals surface area contributed by atoms with Crippen LogP contribution in [0.2, 0.25) is 0 Å². The van der Waals surface area contributed by atoms with Crippen molar-refractivity contribution in [2.24, 2.45) is 0 Å². The molecule has 0 aromatic heterocycles. The van der Waals surface area contributed by atoms with Crippen molar-refractivity contribution < 1.29 is 9.84 Å². The van der Waals surface area contributed by atoms with Crippen LogP contribution in [0.5, 0.6) is 5.75 Å². The Morgan fingerprint density at radius 2 is 2.22 bits per heavy atom. The van der Waals surface area contributed by atoms with Crippen LogP contribution in [0, 0.1) is 0 Å². The zero-order chi connectivity index (χ0) is 12.6. The molecule has 1 heterocycles. The Morgan fingerprint density at radius 3 is 2.94 bits per heavy atom. The van der Waals surface area contributed by atoms with Crippen molar-refractivity contribution in [3.8, 4) is 5.75 Å². The molecule has 3 nitrogen and oxygen atoms in total. The summed E-state index contributed by atoms with van der Waals surface area (Å²) in [4.78, 5) is 0. The number of aliphatic hydroxyl groups excluding tert-OH is 1. The molecule has 0 spiro atoms. The molecule has 2 unspecified atom stereocenters. The highest BCUT2D eigenvalue weighted by Crippen LogP contribution is 2.16. The third-order valence-corrected chi connectivity index (χ3v) is 4.20. The molecule has 0 saturated carbocycles. The molecule has 1 fully saturated rings. The first-order valence-corrected chi connectivity index (χ1v) is 7.67. The Hall–Kier alpha value is -0.710. The van der Waals surface area contributed by atoms with E-state index in [-0.39, 0.29) is 0 Å². The smallest absolute Gasteiger partial charge is 0.119 e. The van der Waals surface area contributed by atoms with Crippen LogP contribution in [0.15, 0.2) is 30.3 Å². The van der Waals surface area contributed by atoms with Gasteiger partial charge in [0.1, 0.15) is 18.5 Å². The summed E-state index contributed by atoms with van der Waals surface area (Å²) in [5.74, 6) is 3.24. The lowest BCUT2D eigenvalue weighted by Crippen LogP contribution is -2.40. The third-order valence-electron chi connectivity index (χ3n) is 2.99. The molecule has 1 aliphatic rings. The molecule has 0 aliphatic carbocycles. The van der Waals surface area contributed by atoms with E-state index in [9.17, 15) is 5.11 Å². The van der Waals surface area contributed by atoms with Crippen LogP contribution in [0.25, 0.3) is 0 Å². The Balaban J connectivity index is 1.61. The van der Waals surface area contributed by atoms with Crippen LogP contribution in [0.4, 0.5) is 0 Å². The number of benzene rings is 1. The minimum Gasteiger partial charge on any atom is -0.491 e. The summed E-state index contributed by atoms with van der Waals surface area (Å²) in [6, 6.07) is 10.2. The van der Waals surface area contributed by atoms with Gasteiger partial charge in [-0.25, -0.2) is 0 Å². The summed E-state index contributed by atoms with van der Waals surface area (Å²) >= 11 is 1.99. The molecule has 1 aromatic carbocycles. The molecular formula is C14H21NO2S. The maximum Gasteiger partial charge on any atom is 0.119 e. The molecule has 18 heavy (non-hydrogen) atoms. The number of hydrogen-bond donors (Lipinski definition) is 2. The predicted octanol–water partition coefficient (Wildman–Crippen LogP) is 1.91. The predicted molar refractivity (Wildman–Crippen MR) is 76.3 cm³/mol. The van der Waals surface area contributed by atoms with Gasteiger partial charge in [-0.2, -0.15) is 11.8 Å². The van der Waals surface area contributed by atoms with Gasteiger partial charge in [-0.1, -0.05) is 18.2 Å². The van der Waals surface area contributed by atoms with Crippen molar-refractivity contribution in [1.29, 1.82) is 0 Å². The van der Waals surface area contributed by atoms with E-state index in [2.05, 4.69) is 5.32 Å². The van der Waals surface area contributed by atoms with Crippen molar-refractivity contribution in [3.05, 3.63) is 30.3 Å². The molecule has 1 aromatic rings. The summed E-state index contributed by atoms with van der Waals surface area (Å²) in [7, 11) is 0. The fourth-order valence-electron chi connectivity index (χ4n) is 1.97. The van der Waals surface area contributed by atoms with Gasteiger partial charge in [0, 0.05) is 18.3 Å². The van der Waals surface area contributed by atoms with Crippen LogP contribution in [0.3, 0.4) is 0 Å². The van der Waals surface area contributed by atoms with Gasteiger partial charge in [0.15, 0.2) is 0 Å². The Labute approximate surface area is 113 Å². The van der Waals surface area contributed by atoms with Gasteiger partial charge in [0.05, 0.1) is 0 Å². The highest BCUT2D eigenvalue weighted by molar-refractivity contribution is 7.99. The van der Waals surface area contributed by atoms with Crippen molar-refractivity contribution >= 4 is 11.8 Å². The summed E-state index contributed by atoms with van der Waals surface area (Å²) in [5, 5.41) is 13.3. The molecule has 4 heteroatoms. The first kappa shape index (κ1) is 13.7. The highest BCUT2D eigenvalue weighted by Gasteiger charge is 2.14. The van der Waals surface area contributed by atoms with E-state index in [0.717, 1.165) is 11.5 Å². The second-order valence-electron chi connectivity index (χ2n) is 4.60. The average Bonchev–Trinajstić information content (AvgIpc) is 2.45. The molecule has 0 bridgehead atoms. The van der Waals surface area contributed by atoms with Crippen LogP contribution in [-0.4, -0.2) is 41.9 Å². The highest BCUT2D eigenvalue weighted by atomic mass is 32.2. The maximum absolute atomic E-state index is 9.85. The van der Waals surface area contributed by atoms with Gasteiger partial charge < -0.3 is 15.2 Å². The number of para-hydroxylation sites is 1. The summed E-state index contributed by atoms with van der Waals surface area (Å²) in [5.41, 5.74) is 0. The van der Waals surface area contributed by atoms with Crippen molar-refractivity contribution in [2.45, 2.75) is 25.0 Å². The molecule has 0 amide bonds. The first-order valence-electron chi connectivity index (χ1n) is 6.51. The number of thioether (sulfide) groups is 1. The SMILES string of the molecule is OC(CNC1CCCSC1)COc1ccccc1. The van der Waals surface area contributed by atoms with Crippen molar-refractivity contribution in [3.63, 3.8) is 0 Å². The summed E-state index contributed by atoms with van der Waals surface area (Å²) in [6.45, 7) is 0.953. The van der Waals surface area contributed by atoms with E-state index in [0.29, 0.717) is 19.2 Å². The van der Waals surface area contributed by atoms with Crippen LogP contribution in [-0.2, 0) is 0 Å². The van der Waals surface area contributed by atoms with E-state index in [4.69, 9.17) is 4.74 Å². The average molecular weight is 267 g/mol. The largest absolute Gasteiger partial charge is 0.491 e. The van der Waals surface area contributed by atoms with Gasteiger partial charge in [0.2, 0.25) is 0 Å². The number of aliphatic hydroxyl groups is 1. The second-order valence-corrected chi connectivity index (χ2v) is 5.75. The van der Waals surface area contributed by atoms with Crippen molar-refractivity contribution in [1.82, 2.24) is 5.32 Å². The third kappa shape index (κ3) is 4.88. The molecule has 2 rings (SSSR count). The second kappa shape index (κ2) is 7.67. The lowest BCUT2D eigenvalue weighted by Gasteiger charge is -2.24. The lowest BCUT2D eigenvalue weighted by molar-refractivity contribution is 0.104. The molecule has 0 radical (unpaired) electrons. The van der Waals surface area contributed by atoms with E-state index in [1.807, 2.05) is 42.1 Å². The first-order chi connectivity index (χ1) is 8.84. The molecule has 2 N–H and O–H groups in total. The molecule has 100 valence electrons. The number of rotatable bonds is 6.